The maximum Gasteiger partial charge on any atom is 0.352 e. The maximum atomic E-state index is 10.6. The summed E-state index contributed by atoms with van der Waals surface area (Å²) >= 11 is 15.6. The minimum Gasteiger partial charge on any atom is -0.462 e. The molecule has 0 radical (unpaired) electrons. The van der Waals surface area contributed by atoms with Gasteiger partial charge < -0.3 is 4.74 Å². The molecular formula is C5H5Cl3O2. The Kier molecular flexibility index (Phi) is 4.87. The Labute approximate surface area is 73.7 Å². The second-order valence-corrected chi connectivity index (χ2v) is 2.62. The normalized spacial score (nSPS) is 8.80. The zero-order valence-corrected chi connectivity index (χ0v) is 7.43. The Hall–Kier alpha value is 0.0800. The molecule has 0 saturated heterocycles. The molecule has 0 bridgehead atoms. The van der Waals surface area contributed by atoms with Crippen molar-refractivity contribution >= 4 is 40.8 Å². The lowest BCUT2D eigenvalue weighted by molar-refractivity contribution is -0.137. The summed E-state index contributed by atoms with van der Waals surface area (Å²) in [4.78, 5) is 10.6. The zero-order chi connectivity index (χ0) is 8.15. The van der Waals surface area contributed by atoms with Crippen molar-refractivity contribution in [2.45, 2.75) is 6.92 Å². The van der Waals surface area contributed by atoms with Gasteiger partial charge in [0.15, 0.2) is 5.03 Å². The van der Waals surface area contributed by atoms with Gasteiger partial charge in [0.1, 0.15) is 4.49 Å². The number of ether oxygens (including phenoxy) is 1. The summed E-state index contributed by atoms with van der Waals surface area (Å²) in [6.45, 7) is 1.90. The molecule has 5 heteroatoms. The molecule has 0 heterocycles. The van der Waals surface area contributed by atoms with Crippen LogP contribution in [0.2, 0.25) is 0 Å². The molecule has 0 N–H and O–H groups in total. The van der Waals surface area contributed by atoms with Crippen LogP contribution >= 0.6 is 34.8 Å². The molecule has 0 amide bonds. The predicted molar refractivity (Wildman–Crippen MR) is 41.2 cm³/mol. The molecule has 0 aromatic carbocycles. The van der Waals surface area contributed by atoms with E-state index < -0.39 is 5.97 Å². The Morgan fingerprint density at radius 3 is 2.20 bits per heavy atom. The van der Waals surface area contributed by atoms with Gasteiger partial charge in [0, 0.05) is 0 Å². The molecule has 0 aromatic rings. The van der Waals surface area contributed by atoms with E-state index in [-0.39, 0.29) is 16.1 Å². The first-order chi connectivity index (χ1) is 4.59. The Bertz CT molecular complexity index is 160. The molecule has 0 aliphatic rings. The van der Waals surface area contributed by atoms with E-state index in [4.69, 9.17) is 34.8 Å². The van der Waals surface area contributed by atoms with Crippen LogP contribution in [0.3, 0.4) is 0 Å². The minimum atomic E-state index is -0.704. The standard InChI is InChI=1S/C5H5Cl3O2/c1-2-10-5(9)3(6)4(7)8/h2H2,1H3. The number of carbonyl (C=O) groups excluding carboxylic acids is 1. The quantitative estimate of drug-likeness (QED) is 0.509. The van der Waals surface area contributed by atoms with Gasteiger partial charge in [-0.3, -0.25) is 0 Å². The Morgan fingerprint density at radius 2 is 1.90 bits per heavy atom. The van der Waals surface area contributed by atoms with Gasteiger partial charge >= 0.3 is 5.97 Å². The number of hydrogen-bond donors (Lipinski definition) is 0. The second kappa shape index (κ2) is 4.83. The van der Waals surface area contributed by atoms with Crippen LogP contribution in [0.5, 0.6) is 0 Å². The van der Waals surface area contributed by atoms with Crippen molar-refractivity contribution < 1.29 is 9.53 Å². The van der Waals surface area contributed by atoms with E-state index in [2.05, 4.69) is 4.74 Å². The summed E-state index contributed by atoms with van der Waals surface area (Å²) in [5.41, 5.74) is 0. The summed E-state index contributed by atoms with van der Waals surface area (Å²) in [6.07, 6.45) is 0. The fraction of sp³-hybridized carbons (Fsp3) is 0.400. The van der Waals surface area contributed by atoms with Gasteiger partial charge in [0.2, 0.25) is 0 Å². The van der Waals surface area contributed by atoms with E-state index in [1.165, 1.54) is 0 Å². The highest BCUT2D eigenvalue weighted by Crippen LogP contribution is 2.18. The lowest BCUT2D eigenvalue weighted by Crippen LogP contribution is -2.03. The smallest absolute Gasteiger partial charge is 0.352 e. The molecule has 0 fully saturated rings. The van der Waals surface area contributed by atoms with Crippen LogP contribution in [0.1, 0.15) is 6.92 Å². The predicted octanol–water partition coefficient (Wildman–Crippen LogP) is 2.44. The molecule has 0 unspecified atom stereocenters. The van der Waals surface area contributed by atoms with Crippen LogP contribution < -0.4 is 0 Å². The lowest BCUT2D eigenvalue weighted by Gasteiger charge is -1.97. The highest BCUT2D eigenvalue weighted by molar-refractivity contribution is 6.62. The molecular weight excluding hydrogens is 198 g/mol. The molecule has 0 aromatic heterocycles. The van der Waals surface area contributed by atoms with E-state index in [1.54, 1.807) is 6.92 Å². The number of halogens is 3. The van der Waals surface area contributed by atoms with E-state index in [1.807, 2.05) is 0 Å². The van der Waals surface area contributed by atoms with E-state index >= 15 is 0 Å². The first kappa shape index (κ1) is 10.1. The molecule has 0 atom stereocenters. The van der Waals surface area contributed by atoms with Gasteiger partial charge in [-0.1, -0.05) is 34.8 Å². The fourth-order valence-corrected chi connectivity index (χ4v) is 0.480. The molecule has 0 aliphatic carbocycles. The van der Waals surface area contributed by atoms with Crippen molar-refractivity contribution in [3.05, 3.63) is 9.52 Å². The molecule has 0 spiro atoms. The third-order valence-electron chi connectivity index (χ3n) is 0.621. The molecule has 2 nitrogen and oxygen atoms in total. The molecule has 58 valence electrons. The molecule has 0 rings (SSSR count). The average Bonchev–Trinajstić information content (AvgIpc) is 1.87. The van der Waals surface area contributed by atoms with Crippen molar-refractivity contribution in [1.29, 1.82) is 0 Å². The van der Waals surface area contributed by atoms with Crippen LogP contribution in [-0.2, 0) is 9.53 Å². The largest absolute Gasteiger partial charge is 0.462 e. The third-order valence-corrected chi connectivity index (χ3v) is 1.54. The first-order valence-electron chi connectivity index (χ1n) is 2.47. The SMILES string of the molecule is CCOC(=O)C(Cl)=C(Cl)Cl. The van der Waals surface area contributed by atoms with Crippen molar-refractivity contribution in [1.82, 2.24) is 0 Å². The zero-order valence-electron chi connectivity index (χ0n) is 5.16. The van der Waals surface area contributed by atoms with Gasteiger partial charge in [-0.25, -0.2) is 4.79 Å². The topological polar surface area (TPSA) is 26.3 Å². The highest BCUT2D eigenvalue weighted by atomic mass is 35.5. The second-order valence-electron chi connectivity index (χ2n) is 1.29. The monoisotopic (exact) mass is 202 g/mol. The van der Waals surface area contributed by atoms with E-state index in [0.29, 0.717) is 0 Å². The Balaban J connectivity index is 4.09. The van der Waals surface area contributed by atoms with Crippen LogP contribution in [0, 0.1) is 0 Å². The highest BCUT2D eigenvalue weighted by Gasteiger charge is 2.10. The summed E-state index contributed by atoms with van der Waals surface area (Å²) in [5, 5.41) is -0.287. The van der Waals surface area contributed by atoms with E-state index in [0.717, 1.165) is 0 Å². The van der Waals surface area contributed by atoms with Crippen molar-refractivity contribution in [3.63, 3.8) is 0 Å². The van der Waals surface area contributed by atoms with E-state index in [9.17, 15) is 4.79 Å². The van der Waals surface area contributed by atoms with Crippen LogP contribution in [0.4, 0.5) is 0 Å². The van der Waals surface area contributed by atoms with Gasteiger partial charge in [0.25, 0.3) is 0 Å². The van der Waals surface area contributed by atoms with Crippen molar-refractivity contribution in [3.8, 4) is 0 Å². The van der Waals surface area contributed by atoms with Gasteiger partial charge in [0.05, 0.1) is 6.61 Å². The van der Waals surface area contributed by atoms with Gasteiger partial charge in [-0.2, -0.15) is 0 Å². The van der Waals surface area contributed by atoms with Crippen LogP contribution in [0.25, 0.3) is 0 Å². The van der Waals surface area contributed by atoms with Crippen molar-refractivity contribution in [2.24, 2.45) is 0 Å². The van der Waals surface area contributed by atoms with Gasteiger partial charge in [-0.15, -0.1) is 0 Å². The van der Waals surface area contributed by atoms with Gasteiger partial charge in [-0.05, 0) is 6.92 Å². The van der Waals surface area contributed by atoms with Crippen LogP contribution in [0.15, 0.2) is 9.52 Å². The molecule has 0 aliphatic heterocycles. The minimum absolute atomic E-state index is 0.246. The third kappa shape index (κ3) is 3.30. The average molecular weight is 203 g/mol. The summed E-state index contributed by atoms with van der Waals surface area (Å²) in [5.74, 6) is -0.704. The number of hydrogen-bond acceptors (Lipinski definition) is 2. The molecule has 10 heavy (non-hydrogen) atoms. The first-order valence-corrected chi connectivity index (χ1v) is 3.60. The van der Waals surface area contributed by atoms with Crippen molar-refractivity contribution in [2.75, 3.05) is 6.61 Å². The van der Waals surface area contributed by atoms with Crippen LogP contribution in [-0.4, -0.2) is 12.6 Å². The molecule has 0 saturated carbocycles. The fourth-order valence-electron chi connectivity index (χ4n) is 0.272. The summed E-state index contributed by atoms with van der Waals surface area (Å²) < 4.78 is 4.19. The summed E-state index contributed by atoms with van der Waals surface area (Å²) in [6, 6.07) is 0. The lowest BCUT2D eigenvalue weighted by atomic mass is 10.6. The Morgan fingerprint density at radius 1 is 1.40 bits per heavy atom. The summed E-state index contributed by atoms with van der Waals surface area (Å²) in [7, 11) is 0. The maximum absolute atomic E-state index is 10.6. The number of esters is 1. The number of carbonyl (C=O) groups is 1. The number of rotatable bonds is 2.